The fourth-order valence-electron chi connectivity index (χ4n) is 2.60. The van der Waals surface area contributed by atoms with Gasteiger partial charge in [0.15, 0.2) is 0 Å². The molecule has 0 atom stereocenters. The molecule has 1 fully saturated rings. The van der Waals surface area contributed by atoms with E-state index in [1.165, 1.54) is 0 Å². The van der Waals surface area contributed by atoms with Gasteiger partial charge in [-0.2, -0.15) is 0 Å². The lowest BCUT2D eigenvalue weighted by molar-refractivity contribution is -0.121. The molecule has 21 heavy (non-hydrogen) atoms. The van der Waals surface area contributed by atoms with Crippen molar-refractivity contribution in [2.24, 2.45) is 0 Å². The van der Waals surface area contributed by atoms with Gasteiger partial charge in [0.05, 0.1) is 22.6 Å². The molecule has 1 aliphatic rings. The van der Waals surface area contributed by atoms with Crippen molar-refractivity contribution in [3.05, 3.63) is 28.6 Å². The van der Waals surface area contributed by atoms with E-state index in [1.807, 2.05) is 22.9 Å². The maximum atomic E-state index is 12.0. The lowest BCUT2D eigenvalue weighted by Crippen LogP contribution is -2.41. The summed E-state index contributed by atoms with van der Waals surface area (Å²) in [6.07, 6.45) is 3.93. The standard InChI is InChI=1S/C15H18N2O2S2/c18-13(16-10-15(19)5-1-2-6-15)8-11-9-21-14(17-11)12-4-3-7-20-12/h3-4,7,9,19H,1-2,5-6,8,10H2,(H,16,18). The highest BCUT2D eigenvalue weighted by atomic mass is 32.1. The average Bonchev–Trinajstić information content (AvgIpc) is 3.17. The fraction of sp³-hybridized carbons (Fsp3) is 0.467. The van der Waals surface area contributed by atoms with Crippen LogP contribution in [-0.4, -0.2) is 28.1 Å². The quantitative estimate of drug-likeness (QED) is 0.890. The predicted molar refractivity (Wildman–Crippen MR) is 85.6 cm³/mol. The zero-order chi connectivity index (χ0) is 14.7. The maximum Gasteiger partial charge on any atom is 0.226 e. The van der Waals surface area contributed by atoms with Gasteiger partial charge in [-0.1, -0.05) is 18.9 Å². The first-order valence-corrected chi connectivity index (χ1v) is 8.88. The number of nitrogens with zero attached hydrogens (tertiary/aromatic N) is 1. The van der Waals surface area contributed by atoms with E-state index in [9.17, 15) is 9.90 Å². The first kappa shape index (κ1) is 14.7. The number of rotatable bonds is 5. The van der Waals surface area contributed by atoms with E-state index in [0.29, 0.717) is 6.54 Å². The summed E-state index contributed by atoms with van der Waals surface area (Å²) >= 11 is 3.21. The third-order valence-electron chi connectivity index (χ3n) is 3.77. The van der Waals surface area contributed by atoms with E-state index < -0.39 is 5.60 Å². The molecule has 6 heteroatoms. The SMILES string of the molecule is O=C(Cc1csc(-c2cccs2)n1)NCC1(O)CCCC1. The van der Waals surface area contributed by atoms with Crippen molar-refractivity contribution in [3.8, 4) is 9.88 Å². The zero-order valence-electron chi connectivity index (χ0n) is 11.7. The Morgan fingerprint density at radius 3 is 2.90 bits per heavy atom. The minimum Gasteiger partial charge on any atom is -0.388 e. The lowest BCUT2D eigenvalue weighted by atomic mass is 10.0. The molecule has 1 aliphatic carbocycles. The first-order chi connectivity index (χ1) is 10.1. The Labute approximate surface area is 131 Å². The van der Waals surface area contributed by atoms with Gasteiger partial charge in [0.2, 0.25) is 5.91 Å². The van der Waals surface area contributed by atoms with Crippen LogP contribution in [0.4, 0.5) is 0 Å². The van der Waals surface area contributed by atoms with E-state index in [2.05, 4.69) is 10.3 Å². The summed E-state index contributed by atoms with van der Waals surface area (Å²) in [4.78, 5) is 17.6. The van der Waals surface area contributed by atoms with Crippen LogP contribution in [0.3, 0.4) is 0 Å². The number of amides is 1. The van der Waals surface area contributed by atoms with Crippen LogP contribution in [0.15, 0.2) is 22.9 Å². The summed E-state index contributed by atoms with van der Waals surface area (Å²) < 4.78 is 0. The van der Waals surface area contributed by atoms with Crippen LogP contribution in [0.25, 0.3) is 9.88 Å². The third kappa shape index (κ3) is 3.70. The molecular weight excluding hydrogens is 304 g/mol. The molecule has 112 valence electrons. The van der Waals surface area contributed by atoms with E-state index in [4.69, 9.17) is 0 Å². The van der Waals surface area contributed by atoms with Crippen LogP contribution in [0, 0.1) is 0 Å². The Morgan fingerprint density at radius 1 is 1.38 bits per heavy atom. The molecule has 4 nitrogen and oxygen atoms in total. The van der Waals surface area contributed by atoms with Crippen molar-refractivity contribution in [1.29, 1.82) is 0 Å². The second-order valence-electron chi connectivity index (χ2n) is 5.51. The Morgan fingerprint density at radius 2 is 2.19 bits per heavy atom. The van der Waals surface area contributed by atoms with Gasteiger partial charge < -0.3 is 10.4 Å². The second kappa shape index (κ2) is 6.25. The molecule has 2 aromatic heterocycles. The first-order valence-electron chi connectivity index (χ1n) is 7.12. The van der Waals surface area contributed by atoms with Crippen molar-refractivity contribution >= 4 is 28.6 Å². The Hall–Kier alpha value is -1.24. The average molecular weight is 322 g/mol. The van der Waals surface area contributed by atoms with Gasteiger partial charge in [-0.15, -0.1) is 22.7 Å². The highest BCUT2D eigenvalue weighted by molar-refractivity contribution is 7.20. The fourth-order valence-corrected chi connectivity index (χ4v) is 4.24. The van der Waals surface area contributed by atoms with Gasteiger partial charge in [0, 0.05) is 11.9 Å². The predicted octanol–water partition coefficient (Wildman–Crippen LogP) is 2.84. The minimum atomic E-state index is -0.695. The van der Waals surface area contributed by atoms with Gasteiger partial charge in [-0.05, 0) is 24.3 Å². The van der Waals surface area contributed by atoms with Gasteiger partial charge in [-0.3, -0.25) is 4.79 Å². The summed E-state index contributed by atoms with van der Waals surface area (Å²) in [5, 5.41) is 18.0. The molecule has 3 rings (SSSR count). The van der Waals surface area contributed by atoms with Gasteiger partial charge in [-0.25, -0.2) is 4.98 Å². The molecule has 0 aromatic carbocycles. The van der Waals surface area contributed by atoms with Crippen molar-refractivity contribution in [1.82, 2.24) is 10.3 Å². The third-order valence-corrected chi connectivity index (χ3v) is 5.70. The highest BCUT2D eigenvalue weighted by Gasteiger charge is 2.31. The molecule has 2 heterocycles. The summed E-state index contributed by atoms with van der Waals surface area (Å²) in [7, 11) is 0. The summed E-state index contributed by atoms with van der Waals surface area (Å²) in [5.41, 5.74) is 0.0964. The number of hydrogen-bond acceptors (Lipinski definition) is 5. The van der Waals surface area contributed by atoms with Gasteiger partial charge >= 0.3 is 0 Å². The number of carbonyl (C=O) groups is 1. The Bertz CT molecular complexity index is 601. The molecule has 0 unspecified atom stereocenters. The van der Waals surface area contributed by atoms with Gasteiger partial charge in [0.25, 0.3) is 0 Å². The molecule has 1 amide bonds. The molecule has 0 aliphatic heterocycles. The highest BCUT2D eigenvalue weighted by Crippen LogP contribution is 2.29. The van der Waals surface area contributed by atoms with E-state index in [0.717, 1.165) is 41.3 Å². The van der Waals surface area contributed by atoms with Crippen molar-refractivity contribution in [2.75, 3.05) is 6.54 Å². The molecule has 0 radical (unpaired) electrons. The summed E-state index contributed by atoms with van der Waals surface area (Å²) in [6.45, 7) is 0.355. The molecule has 0 bridgehead atoms. The molecule has 0 saturated heterocycles. The smallest absolute Gasteiger partial charge is 0.226 e. The normalized spacial score (nSPS) is 17.0. The minimum absolute atomic E-state index is 0.0710. The van der Waals surface area contributed by atoms with E-state index in [-0.39, 0.29) is 12.3 Å². The van der Waals surface area contributed by atoms with Gasteiger partial charge in [0.1, 0.15) is 5.01 Å². The van der Waals surface area contributed by atoms with Crippen LogP contribution in [0.2, 0.25) is 0 Å². The lowest BCUT2D eigenvalue weighted by Gasteiger charge is -2.22. The Kier molecular flexibility index (Phi) is 4.37. The second-order valence-corrected chi connectivity index (χ2v) is 7.31. The largest absolute Gasteiger partial charge is 0.388 e. The van der Waals surface area contributed by atoms with E-state index >= 15 is 0 Å². The summed E-state index contributed by atoms with van der Waals surface area (Å²) in [6, 6.07) is 4.03. The van der Waals surface area contributed by atoms with Crippen LogP contribution in [0.5, 0.6) is 0 Å². The topological polar surface area (TPSA) is 62.2 Å². The van der Waals surface area contributed by atoms with Crippen LogP contribution in [0.1, 0.15) is 31.4 Å². The number of nitrogens with one attached hydrogen (secondary N) is 1. The van der Waals surface area contributed by atoms with Crippen molar-refractivity contribution in [2.45, 2.75) is 37.7 Å². The van der Waals surface area contributed by atoms with Crippen LogP contribution >= 0.6 is 22.7 Å². The van der Waals surface area contributed by atoms with Crippen LogP contribution in [-0.2, 0) is 11.2 Å². The number of carbonyl (C=O) groups excluding carboxylic acids is 1. The number of hydrogen-bond donors (Lipinski definition) is 2. The molecular formula is C15H18N2O2S2. The number of aliphatic hydroxyl groups is 1. The molecule has 1 saturated carbocycles. The van der Waals surface area contributed by atoms with Crippen LogP contribution < -0.4 is 5.32 Å². The van der Waals surface area contributed by atoms with Crippen molar-refractivity contribution in [3.63, 3.8) is 0 Å². The summed E-state index contributed by atoms with van der Waals surface area (Å²) in [5.74, 6) is -0.0710. The monoisotopic (exact) mass is 322 g/mol. The maximum absolute atomic E-state index is 12.0. The number of thiophene rings is 1. The number of aromatic nitrogens is 1. The Balaban J connectivity index is 1.53. The van der Waals surface area contributed by atoms with Crippen molar-refractivity contribution < 1.29 is 9.90 Å². The molecule has 0 spiro atoms. The number of thiazole rings is 1. The molecule has 2 aromatic rings. The zero-order valence-corrected chi connectivity index (χ0v) is 13.3. The van der Waals surface area contributed by atoms with E-state index in [1.54, 1.807) is 22.7 Å². The molecule has 2 N–H and O–H groups in total.